The van der Waals surface area contributed by atoms with Crippen molar-refractivity contribution in [2.45, 2.75) is 105 Å². The molecule has 4 aliphatic carbocycles. The van der Waals surface area contributed by atoms with E-state index in [-0.39, 0.29) is 17.0 Å². The van der Waals surface area contributed by atoms with Gasteiger partial charge >= 0.3 is 0 Å². The van der Waals surface area contributed by atoms with Crippen LogP contribution in [0.15, 0.2) is 35.9 Å². The predicted molar refractivity (Wildman–Crippen MR) is 149 cm³/mol. The molecule has 0 aromatic heterocycles. The van der Waals surface area contributed by atoms with Crippen LogP contribution in [0.2, 0.25) is 0 Å². The Labute approximate surface area is 220 Å². The molecule has 1 aromatic rings. The predicted octanol–water partition coefficient (Wildman–Crippen LogP) is 9.26. The number of ketones is 1. The number of aliphatic hydroxyl groups excluding tert-OH is 1. The summed E-state index contributed by atoms with van der Waals surface area (Å²) < 4.78 is 0. The fourth-order valence-corrected chi connectivity index (χ4v) is 9.98. The van der Waals surface area contributed by atoms with Crippen molar-refractivity contribution in [3.8, 4) is 0 Å². The van der Waals surface area contributed by atoms with Gasteiger partial charge in [0, 0.05) is 17.6 Å². The van der Waals surface area contributed by atoms with Gasteiger partial charge in [-0.1, -0.05) is 84.2 Å². The minimum absolute atomic E-state index is 0.136. The summed E-state index contributed by atoms with van der Waals surface area (Å²) in [7, 11) is 0. The number of rotatable bonds is 6. The summed E-state index contributed by atoms with van der Waals surface area (Å²) in [6.07, 6.45) is 13.6. The fraction of sp³-hybridized carbons (Fsp3) is 0.735. The smallest absolute Gasteiger partial charge is 0.162 e. The molecule has 2 nitrogen and oxygen atoms in total. The van der Waals surface area contributed by atoms with E-state index >= 15 is 0 Å². The first-order valence-corrected chi connectivity index (χ1v) is 15.2. The Hall–Kier alpha value is -1.57. The number of carbonyl (C=O) groups excluding carboxylic acids is 1. The molecule has 0 bridgehead atoms. The molecule has 1 N–H and O–H groups in total. The highest BCUT2D eigenvalue weighted by Gasteiger charge is 2.61. The molecule has 0 radical (unpaired) electrons. The maximum absolute atomic E-state index is 13.2. The number of allylic oxidation sites excluding steroid dienone is 1. The van der Waals surface area contributed by atoms with Gasteiger partial charge in [-0.15, -0.1) is 0 Å². The Morgan fingerprint density at radius 1 is 0.944 bits per heavy atom. The molecule has 2 heteroatoms. The van der Waals surface area contributed by atoms with E-state index in [1.807, 2.05) is 30.3 Å². The molecule has 0 heterocycles. The van der Waals surface area contributed by atoms with E-state index in [0.717, 1.165) is 41.6 Å². The first-order valence-electron chi connectivity index (χ1n) is 15.2. The number of aliphatic hydroxyl groups is 1. The van der Waals surface area contributed by atoms with Crippen LogP contribution in [-0.2, 0) is 4.79 Å². The largest absolute Gasteiger partial charge is 0.507 e. The van der Waals surface area contributed by atoms with Crippen molar-refractivity contribution < 1.29 is 9.90 Å². The van der Waals surface area contributed by atoms with Crippen LogP contribution in [0.5, 0.6) is 0 Å². The van der Waals surface area contributed by atoms with E-state index in [4.69, 9.17) is 0 Å². The number of carbonyl (C=O) groups is 1. The number of benzene rings is 1. The summed E-state index contributed by atoms with van der Waals surface area (Å²) in [5, 5.41) is 11.2. The van der Waals surface area contributed by atoms with Crippen LogP contribution in [0.1, 0.15) is 111 Å². The Kier molecular flexibility index (Phi) is 7.20. The molecule has 0 aliphatic heterocycles. The van der Waals surface area contributed by atoms with Crippen molar-refractivity contribution in [1.82, 2.24) is 0 Å². The minimum Gasteiger partial charge on any atom is -0.507 e. The van der Waals surface area contributed by atoms with E-state index in [9.17, 15) is 9.90 Å². The van der Waals surface area contributed by atoms with Gasteiger partial charge in [0.1, 0.15) is 5.76 Å². The summed E-state index contributed by atoms with van der Waals surface area (Å²) in [6, 6.07) is 9.72. The molecule has 0 unspecified atom stereocenters. The van der Waals surface area contributed by atoms with Gasteiger partial charge in [0.05, 0.1) is 0 Å². The van der Waals surface area contributed by atoms with Crippen LogP contribution in [0.25, 0.3) is 5.76 Å². The second-order valence-electron chi connectivity index (χ2n) is 14.2. The van der Waals surface area contributed by atoms with Crippen molar-refractivity contribution in [1.29, 1.82) is 0 Å². The first kappa shape index (κ1) is 26.1. The Morgan fingerprint density at radius 2 is 1.67 bits per heavy atom. The van der Waals surface area contributed by atoms with Crippen LogP contribution in [0, 0.1) is 52.3 Å². The lowest BCUT2D eigenvalue weighted by atomic mass is 9.44. The highest BCUT2D eigenvalue weighted by atomic mass is 16.3. The number of hydrogen-bond acceptors (Lipinski definition) is 2. The second kappa shape index (κ2) is 9.95. The molecule has 4 saturated carbocycles. The monoisotopic (exact) mass is 490 g/mol. The lowest BCUT2D eigenvalue weighted by molar-refractivity contribution is -0.133. The van der Waals surface area contributed by atoms with Crippen LogP contribution in [0.4, 0.5) is 0 Å². The molecule has 8 atom stereocenters. The second-order valence-corrected chi connectivity index (χ2v) is 14.2. The summed E-state index contributed by atoms with van der Waals surface area (Å²) in [5.41, 5.74) is 2.13. The van der Waals surface area contributed by atoms with Crippen LogP contribution >= 0.6 is 0 Å². The van der Waals surface area contributed by atoms with Gasteiger partial charge in [0.25, 0.3) is 0 Å². The van der Waals surface area contributed by atoms with E-state index in [1.165, 1.54) is 57.8 Å². The fourth-order valence-electron chi connectivity index (χ4n) is 9.98. The number of Topliss-reactive ketones (excluding diaryl/α,β-unsaturated/α-hetero) is 1. The molecule has 198 valence electrons. The number of fused-ring (bicyclic) bond motifs is 5. The Morgan fingerprint density at radius 3 is 2.39 bits per heavy atom. The molecule has 0 saturated heterocycles. The van der Waals surface area contributed by atoms with Crippen molar-refractivity contribution in [2.75, 3.05) is 0 Å². The van der Waals surface area contributed by atoms with Gasteiger partial charge in [-0.05, 0) is 97.2 Å². The molecule has 5 rings (SSSR count). The minimum atomic E-state index is 0.136. The molecule has 4 fully saturated rings. The van der Waals surface area contributed by atoms with Crippen LogP contribution in [0.3, 0.4) is 0 Å². The van der Waals surface area contributed by atoms with Gasteiger partial charge in [0.15, 0.2) is 5.78 Å². The highest BCUT2D eigenvalue weighted by Crippen LogP contribution is 2.68. The standard InChI is InChI=1S/C34H50O2/c1-22(2)10-9-11-23(3)28-16-17-29-26-15-14-25-20-31(35)27(32(36)24-12-7-6-8-13-24)21-34(25,5)30(26)18-19-33(28,29)4/h6-8,12-13,22-23,25-26,28-30,36H,9-11,14-21H2,1-5H3/b32-27-/t23-,25-,26+,28-,29+,30+,33-,34+/m1/s1. The molecule has 4 aliphatic rings. The summed E-state index contributed by atoms with van der Waals surface area (Å²) in [4.78, 5) is 13.2. The topological polar surface area (TPSA) is 37.3 Å². The summed E-state index contributed by atoms with van der Waals surface area (Å²) in [6.45, 7) is 12.4. The quantitative estimate of drug-likeness (QED) is 0.319. The molecular formula is C34H50O2. The third-order valence-corrected chi connectivity index (χ3v) is 11.9. The van der Waals surface area contributed by atoms with E-state index in [1.54, 1.807) is 0 Å². The van der Waals surface area contributed by atoms with E-state index in [0.29, 0.717) is 29.2 Å². The summed E-state index contributed by atoms with van der Waals surface area (Å²) in [5.74, 6) is 5.78. The Bertz CT molecular complexity index is 976. The van der Waals surface area contributed by atoms with Gasteiger partial charge in [-0.3, -0.25) is 4.79 Å². The summed E-state index contributed by atoms with van der Waals surface area (Å²) >= 11 is 0. The van der Waals surface area contributed by atoms with Crippen molar-refractivity contribution >= 4 is 11.5 Å². The van der Waals surface area contributed by atoms with Crippen LogP contribution < -0.4 is 0 Å². The van der Waals surface area contributed by atoms with Crippen LogP contribution in [-0.4, -0.2) is 10.9 Å². The molecule has 1 aromatic carbocycles. The Balaban J connectivity index is 1.36. The lowest BCUT2D eigenvalue weighted by Crippen LogP contribution is -2.54. The highest BCUT2D eigenvalue weighted by molar-refractivity contribution is 6.02. The molecule has 36 heavy (non-hydrogen) atoms. The van der Waals surface area contributed by atoms with Crippen molar-refractivity contribution in [3.05, 3.63) is 41.5 Å². The third-order valence-electron chi connectivity index (χ3n) is 11.9. The number of hydrogen-bond donors (Lipinski definition) is 1. The van der Waals surface area contributed by atoms with E-state index < -0.39 is 0 Å². The average Bonchev–Trinajstić information content (AvgIpc) is 3.21. The van der Waals surface area contributed by atoms with E-state index in [2.05, 4.69) is 34.6 Å². The zero-order valence-electron chi connectivity index (χ0n) is 23.6. The van der Waals surface area contributed by atoms with Gasteiger partial charge in [0.2, 0.25) is 0 Å². The average molecular weight is 491 g/mol. The maximum atomic E-state index is 13.2. The molecule has 0 amide bonds. The third kappa shape index (κ3) is 4.39. The lowest BCUT2D eigenvalue weighted by Gasteiger charge is -2.60. The van der Waals surface area contributed by atoms with Gasteiger partial charge < -0.3 is 5.11 Å². The van der Waals surface area contributed by atoms with Crippen molar-refractivity contribution in [2.24, 2.45) is 52.3 Å². The molecular weight excluding hydrogens is 440 g/mol. The van der Waals surface area contributed by atoms with Gasteiger partial charge in [-0.2, -0.15) is 0 Å². The SMILES string of the molecule is CC(C)CCC[C@@H](C)[C@H]1CC[C@H]2[C@@H]3CC[C@@H]4CC(=O)/C(=C(\O)c5ccccc5)C[C@]4(C)[C@H]3CC[C@]12C. The zero-order valence-corrected chi connectivity index (χ0v) is 23.6. The maximum Gasteiger partial charge on any atom is 0.162 e. The van der Waals surface area contributed by atoms with Crippen molar-refractivity contribution in [3.63, 3.8) is 0 Å². The molecule has 0 spiro atoms. The first-order chi connectivity index (χ1) is 17.1. The van der Waals surface area contributed by atoms with Gasteiger partial charge in [-0.25, -0.2) is 0 Å². The zero-order chi connectivity index (χ0) is 25.7. The normalized spacial score (nSPS) is 40.4.